The van der Waals surface area contributed by atoms with Crippen LogP contribution < -0.4 is 15.8 Å². The second-order valence-corrected chi connectivity index (χ2v) is 8.19. The van der Waals surface area contributed by atoms with Crippen molar-refractivity contribution in [2.45, 2.75) is 30.6 Å². The van der Waals surface area contributed by atoms with Gasteiger partial charge in [-0.05, 0) is 61.1 Å². The highest BCUT2D eigenvalue weighted by atomic mass is 32.2. The van der Waals surface area contributed by atoms with Gasteiger partial charge in [0.05, 0.1) is 22.7 Å². The number of hydrogen-bond donors (Lipinski definition) is 3. The van der Waals surface area contributed by atoms with Crippen LogP contribution in [0.15, 0.2) is 47.4 Å². The third-order valence-electron chi connectivity index (χ3n) is 4.52. The number of para-hydroxylation sites is 1. The Hall–Kier alpha value is -2.71. The number of primary amides is 1. The van der Waals surface area contributed by atoms with E-state index in [-0.39, 0.29) is 16.1 Å². The molecule has 2 amide bonds. The predicted octanol–water partition coefficient (Wildman–Crippen LogP) is 1.58. The topological polar surface area (TPSA) is 118 Å². The zero-order valence-electron chi connectivity index (χ0n) is 14.7. The number of aryl methyl sites for hydroxylation is 2. The molecule has 27 heavy (non-hydrogen) atoms. The molecular formula is C19H21N3O4S. The predicted molar refractivity (Wildman–Crippen MR) is 102 cm³/mol. The number of fused-ring (bicyclic) bond motifs is 1. The molecule has 0 saturated carbocycles. The van der Waals surface area contributed by atoms with Crippen molar-refractivity contribution in [3.8, 4) is 0 Å². The van der Waals surface area contributed by atoms with Gasteiger partial charge in [0.2, 0.25) is 15.9 Å². The van der Waals surface area contributed by atoms with E-state index in [1.54, 1.807) is 24.3 Å². The van der Waals surface area contributed by atoms with Crippen LogP contribution in [0.25, 0.3) is 0 Å². The van der Waals surface area contributed by atoms with Gasteiger partial charge >= 0.3 is 0 Å². The number of carbonyl (C=O) groups is 2. The molecule has 8 heteroatoms. The summed E-state index contributed by atoms with van der Waals surface area (Å²) in [7, 11) is -3.81. The van der Waals surface area contributed by atoms with Gasteiger partial charge in [-0.3, -0.25) is 9.59 Å². The van der Waals surface area contributed by atoms with Crippen LogP contribution in [0, 0.1) is 0 Å². The second kappa shape index (κ2) is 7.89. The van der Waals surface area contributed by atoms with Crippen LogP contribution in [0.3, 0.4) is 0 Å². The van der Waals surface area contributed by atoms with Crippen molar-refractivity contribution in [3.05, 3.63) is 59.2 Å². The number of anilines is 1. The fourth-order valence-electron chi connectivity index (χ4n) is 3.12. The number of hydrogen-bond acceptors (Lipinski definition) is 4. The lowest BCUT2D eigenvalue weighted by Crippen LogP contribution is -2.33. The molecule has 0 radical (unpaired) electrons. The molecule has 1 aliphatic carbocycles. The van der Waals surface area contributed by atoms with Gasteiger partial charge < -0.3 is 11.1 Å². The van der Waals surface area contributed by atoms with Gasteiger partial charge in [0.25, 0.3) is 5.91 Å². The summed E-state index contributed by atoms with van der Waals surface area (Å²) in [5.41, 5.74) is 7.89. The van der Waals surface area contributed by atoms with Crippen molar-refractivity contribution in [2.24, 2.45) is 5.73 Å². The van der Waals surface area contributed by atoms with Gasteiger partial charge in [-0.15, -0.1) is 0 Å². The lowest BCUT2D eigenvalue weighted by atomic mass is 9.92. The highest BCUT2D eigenvalue weighted by molar-refractivity contribution is 7.89. The highest BCUT2D eigenvalue weighted by Gasteiger charge is 2.19. The van der Waals surface area contributed by atoms with Crippen LogP contribution in [-0.2, 0) is 27.7 Å². The fourth-order valence-corrected chi connectivity index (χ4v) is 4.15. The van der Waals surface area contributed by atoms with Crippen molar-refractivity contribution in [1.29, 1.82) is 0 Å². The number of benzene rings is 2. The third-order valence-corrected chi connectivity index (χ3v) is 5.92. The Balaban J connectivity index is 1.67. The van der Waals surface area contributed by atoms with Gasteiger partial charge in [0.1, 0.15) is 0 Å². The molecule has 0 bridgehead atoms. The Morgan fingerprint density at radius 2 is 1.70 bits per heavy atom. The zero-order chi connectivity index (χ0) is 19.4. The number of nitrogens with one attached hydrogen (secondary N) is 2. The molecule has 2 aromatic rings. The van der Waals surface area contributed by atoms with Crippen LogP contribution in [0.1, 0.15) is 34.3 Å². The largest absolute Gasteiger partial charge is 0.366 e. The third kappa shape index (κ3) is 4.53. The van der Waals surface area contributed by atoms with E-state index in [1.165, 1.54) is 17.7 Å². The Bertz CT molecular complexity index is 986. The average Bonchev–Trinajstić information content (AvgIpc) is 2.66. The van der Waals surface area contributed by atoms with E-state index in [1.807, 2.05) is 6.07 Å². The van der Waals surface area contributed by atoms with Crippen LogP contribution in [-0.4, -0.2) is 26.8 Å². The van der Waals surface area contributed by atoms with Crippen molar-refractivity contribution in [2.75, 3.05) is 11.9 Å². The molecule has 142 valence electrons. The number of nitrogens with two attached hydrogens (primary N) is 1. The Labute approximate surface area is 158 Å². The molecule has 4 N–H and O–H groups in total. The van der Waals surface area contributed by atoms with E-state index in [4.69, 9.17) is 5.73 Å². The molecule has 0 aromatic heterocycles. The van der Waals surface area contributed by atoms with Crippen LogP contribution in [0.2, 0.25) is 0 Å². The maximum absolute atomic E-state index is 12.5. The van der Waals surface area contributed by atoms with Gasteiger partial charge in [-0.1, -0.05) is 18.2 Å². The van der Waals surface area contributed by atoms with Crippen LogP contribution >= 0.6 is 0 Å². The molecule has 0 atom stereocenters. The lowest BCUT2D eigenvalue weighted by Gasteiger charge is -2.16. The smallest absolute Gasteiger partial charge is 0.250 e. The molecule has 3 rings (SSSR count). The quantitative estimate of drug-likeness (QED) is 0.697. The lowest BCUT2D eigenvalue weighted by molar-refractivity contribution is -0.115. The summed E-state index contributed by atoms with van der Waals surface area (Å²) < 4.78 is 27.3. The van der Waals surface area contributed by atoms with Gasteiger partial charge in [-0.25, -0.2) is 13.1 Å². The highest BCUT2D eigenvalue weighted by Crippen LogP contribution is 2.24. The first kappa shape index (κ1) is 19.1. The van der Waals surface area contributed by atoms with Crippen molar-refractivity contribution in [1.82, 2.24) is 4.72 Å². The van der Waals surface area contributed by atoms with E-state index in [0.717, 1.165) is 31.2 Å². The van der Waals surface area contributed by atoms with Gasteiger partial charge in [0.15, 0.2) is 0 Å². The molecular weight excluding hydrogens is 366 g/mol. The van der Waals surface area contributed by atoms with Gasteiger partial charge in [-0.2, -0.15) is 0 Å². The molecule has 0 heterocycles. The summed E-state index contributed by atoms with van der Waals surface area (Å²) in [5, 5.41) is 2.50. The van der Waals surface area contributed by atoms with Crippen molar-refractivity contribution >= 4 is 27.5 Å². The minimum absolute atomic E-state index is 0.147. The van der Waals surface area contributed by atoms with E-state index in [0.29, 0.717) is 0 Å². The number of sulfonamides is 1. The monoisotopic (exact) mass is 387 g/mol. The molecule has 2 aromatic carbocycles. The van der Waals surface area contributed by atoms with Crippen LogP contribution in [0.4, 0.5) is 5.69 Å². The minimum atomic E-state index is -3.81. The first-order valence-corrected chi connectivity index (χ1v) is 10.2. The molecule has 0 aliphatic heterocycles. The first-order chi connectivity index (χ1) is 12.9. The number of carbonyl (C=O) groups excluding carboxylic acids is 2. The van der Waals surface area contributed by atoms with E-state index in [2.05, 4.69) is 10.0 Å². The summed E-state index contributed by atoms with van der Waals surface area (Å²) in [5.74, 6) is -1.27. The Morgan fingerprint density at radius 1 is 1.00 bits per heavy atom. The maximum atomic E-state index is 12.5. The molecule has 0 fully saturated rings. The summed E-state index contributed by atoms with van der Waals surface area (Å²) in [4.78, 5) is 23.6. The molecule has 0 spiro atoms. The van der Waals surface area contributed by atoms with E-state index in [9.17, 15) is 18.0 Å². The normalized spacial score (nSPS) is 13.6. The average molecular weight is 387 g/mol. The maximum Gasteiger partial charge on any atom is 0.250 e. The van der Waals surface area contributed by atoms with Crippen molar-refractivity contribution < 1.29 is 18.0 Å². The first-order valence-electron chi connectivity index (χ1n) is 8.67. The second-order valence-electron chi connectivity index (χ2n) is 6.42. The van der Waals surface area contributed by atoms with Gasteiger partial charge in [0, 0.05) is 0 Å². The summed E-state index contributed by atoms with van der Waals surface area (Å²) in [6.07, 6.45) is 3.99. The zero-order valence-corrected chi connectivity index (χ0v) is 15.5. The number of rotatable bonds is 6. The number of amides is 2. The standard InChI is InChI=1S/C19H21N3O4S/c20-19(24)16-7-3-4-8-17(16)22-18(23)12-21-27(25,26)15-10-9-13-5-1-2-6-14(13)11-15/h3-4,7-11,21H,1-2,5-6,12H2,(H2,20,24)(H,22,23). The molecule has 7 nitrogen and oxygen atoms in total. The molecule has 0 unspecified atom stereocenters. The summed E-state index contributed by atoms with van der Waals surface area (Å²) in [6.45, 7) is -0.452. The van der Waals surface area contributed by atoms with E-state index < -0.39 is 28.4 Å². The molecule has 1 aliphatic rings. The van der Waals surface area contributed by atoms with E-state index >= 15 is 0 Å². The Kier molecular flexibility index (Phi) is 5.57. The summed E-state index contributed by atoms with van der Waals surface area (Å²) in [6, 6.07) is 11.3. The Morgan fingerprint density at radius 3 is 2.44 bits per heavy atom. The molecule has 0 saturated heterocycles. The van der Waals surface area contributed by atoms with Crippen molar-refractivity contribution in [3.63, 3.8) is 0 Å². The summed E-state index contributed by atoms with van der Waals surface area (Å²) >= 11 is 0. The minimum Gasteiger partial charge on any atom is -0.366 e. The SMILES string of the molecule is NC(=O)c1ccccc1NC(=O)CNS(=O)(=O)c1ccc2c(c1)CCCC2. The fraction of sp³-hybridized carbons (Fsp3) is 0.263. The van der Waals surface area contributed by atoms with Crippen LogP contribution in [0.5, 0.6) is 0 Å².